The van der Waals surface area contributed by atoms with Crippen LogP contribution in [0.1, 0.15) is 42.1 Å². The molecule has 0 saturated carbocycles. The number of piperidine rings is 1. The van der Waals surface area contributed by atoms with E-state index in [0.717, 1.165) is 63.7 Å². The number of amides is 1. The zero-order valence-corrected chi connectivity index (χ0v) is 17.1. The van der Waals surface area contributed by atoms with Crippen LogP contribution < -0.4 is 5.32 Å². The van der Waals surface area contributed by atoms with Gasteiger partial charge in [0.15, 0.2) is 0 Å². The molecule has 1 aromatic carbocycles. The van der Waals surface area contributed by atoms with E-state index in [1.165, 1.54) is 31.5 Å². The molecule has 0 bridgehead atoms. The number of piperazine rings is 1. The van der Waals surface area contributed by atoms with Gasteiger partial charge in [0.25, 0.3) is 5.91 Å². The Hall–Kier alpha value is -1.43. The third-order valence-corrected chi connectivity index (χ3v) is 5.90. The molecule has 1 N–H and O–H groups in total. The quantitative estimate of drug-likeness (QED) is 0.746. The summed E-state index contributed by atoms with van der Waals surface area (Å²) in [6.45, 7) is 12.1. The summed E-state index contributed by atoms with van der Waals surface area (Å²) >= 11 is 0. The van der Waals surface area contributed by atoms with Gasteiger partial charge in [-0.1, -0.05) is 19.1 Å². The van der Waals surface area contributed by atoms with Gasteiger partial charge in [-0.15, -0.1) is 0 Å². The lowest BCUT2D eigenvalue weighted by Crippen LogP contribution is -2.45. The standard InChI is InChI=1S/C22H36N4O/c1-19-5-3-11-26(17-19)18-20-6-8-21(9-7-20)22(27)23-10-4-12-25-15-13-24(2)14-16-25/h6-9,19H,3-5,10-18H2,1-2H3,(H,23,27). The Bertz CT molecular complexity index is 580. The van der Waals surface area contributed by atoms with Crippen LogP contribution in [0.25, 0.3) is 0 Å². The molecule has 0 aromatic heterocycles. The number of rotatable bonds is 7. The molecule has 1 atom stereocenters. The normalized spacial score (nSPS) is 22.7. The highest BCUT2D eigenvalue weighted by Gasteiger charge is 2.16. The molecule has 2 saturated heterocycles. The van der Waals surface area contributed by atoms with Crippen LogP contribution in [0.15, 0.2) is 24.3 Å². The maximum Gasteiger partial charge on any atom is 0.251 e. The Morgan fingerprint density at radius 1 is 1.07 bits per heavy atom. The minimum absolute atomic E-state index is 0.0477. The van der Waals surface area contributed by atoms with E-state index in [1.54, 1.807) is 0 Å². The minimum Gasteiger partial charge on any atom is -0.352 e. The van der Waals surface area contributed by atoms with Crippen LogP contribution in [0, 0.1) is 5.92 Å². The fourth-order valence-corrected chi connectivity index (χ4v) is 4.13. The van der Waals surface area contributed by atoms with Gasteiger partial charge in [-0.2, -0.15) is 0 Å². The summed E-state index contributed by atoms with van der Waals surface area (Å²) in [5.41, 5.74) is 2.07. The van der Waals surface area contributed by atoms with Crippen molar-refractivity contribution < 1.29 is 4.79 Å². The van der Waals surface area contributed by atoms with Gasteiger partial charge in [0.1, 0.15) is 0 Å². The van der Waals surface area contributed by atoms with Gasteiger partial charge in [-0.25, -0.2) is 0 Å². The molecule has 1 unspecified atom stereocenters. The van der Waals surface area contributed by atoms with Crippen molar-refractivity contribution in [3.05, 3.63) is 35.4 Å². The number of hydrogen-bond acceptors (Lipinski definition) is 4. The monoisotopic (exact) mass is 372 g/mol. The molecule has 2 aliphatic rings. The van der Waals surface area contributed by atoms with E-state index < -0.39 is 0 Å². The van der Waals surface area contributed by atoms with Crippen LogP contribution in [0.3, 0.4) is 0 Å². The summed E-state index contributed by atoms with van der Waals surface area (Å²) < 4.78 is 0. The molecule has 3 rings (SSSR count). The van der Waals surface area contributed by atoms with Crippen LogP contribution in [-0.4, -0.2) is 80.0 Å². The first-order valence-electron chi connectivity index (χ1n) is 10.6. The molecule has 1 aromatic rings. The van der Waals surface area contributed by atoms with Gasteiger partial charge in [-0.3, -0.25) is 9.69 Å². The molecular formula is C22H36N4O. The van der Waals surface area contributed by atoms with Crippen LogP contribution in [0.2, 0.25) is 0 Å². The fourth-order valence-electron chi connectivity index (χ4n) is 4.13. The number of nitrogens with one attached hydrogen (secondary N) is 1. The summed E-state index contributed by atoms with van der Waals surface area (Å²) in [6.07, 6.45) is 3.67. The number of likely N-dealkylation sites (tertiary alicyclic amines) is 1. The van der Waals surface area contributed by atoms with Crippen molar-refractivity contribution in [3.63, 3.8) is 0 Å². The van der Waals surface area contributed by atoms with Gasteiger partial charge < -0.3 is 15.1 Å². The van der Waals surface area contributed by atoms with E-state index in [0.29, 0.717) is 0 Å². The summed E-state index contributed by atoms with van der Waals surface area (Å²) in [5.74, 6) is 0.848. The molecule has 27 heavy (non-hydrogen) atoms. The Morgan fingerprint density at radius 2 is 1.81 bits per heavy atom. The summed E-state index contributed by atoms with van der Waals surface area (Å²) in [7, 11) is 2.18. The van der Waals surface area contributed by atoms with Crippen molar-refractivity contribution in [2.24, 2.45) is 5.92 Å². The van der Waals surface area contributed by atoms with Crippen LogP contribution >= 0.6 is 0 Å². The number of carbonyl (C=O) groups excluding carboxylic acids is 1. The highest BCUT2D eigenvalue weighted by atomic mass is 16.1. The van der Waals surface area contributed by atoms with E-state index in [1.807, 2.05) is 12.1 Å². The highest BCUT2D eigenvalue weighted by Crippen LogP contribution is 2.18. The largest absolute Gasteiger partial charge is 0.352 e. The second-order valence-corrected chi connectivity index (χ2v) is 8.43. The first kappa shape index (κ1) is 20.3. The summed E-state index contributed by atoms with van der Waals surface area (Å²) in [6, 6.07) is 8.16. The Balaban J connectivity index is 1.36. The lowest BCUT2D eigenvalue weighted by atomic mass is 9.99. The van der Waals surface area contributed by atoms with Crippen molar-refractivity contribution in [2.45, 2.75) is 32.7 Å². The summed E-state index contributed by atoms with van der Waals surface area (Å²) in [5, 5.41) is 3.07. The topological polar surface area (TPSA) is 38.8 Å². The van der Waals surface area contributed by atoms with Crippen LogP contribution in [-0.2, 0) is 6.54 Å². The number of carbonyl (C=O) groups is 1. The van der Waals surface area contributed by atoms with E-state index in [9.17, 15) is 4.79 Å². The maximum absolute atomic E-state index is 12.3. The van der Waals surface area contributed by atoms with Gasteiger partial charge in [0.2, 0.25) is 0 Å². The third-order valence-electron chi connectivity index (χ3n) is 5.90. The van der Waals surface area contributed by atoms with Crippen molar-refractivity contribution in [1.82, 2.24) is 20.0 Å². The molecule has 5 nitrogen and oxygen atoms in total. The van der Waals surface area contributed by atoms with Gasteiger partial charge >= 0.3 is 0 Å². The average molecular weight is 373 g/mol. The average Bonchev–Trinajstić information content (AvgIpc) is 2.67. The number of hydrogen-bond donors (Lipinski definition) is 1. The van der Waals surface area contributed by atoms with E-state index >= 15 is 0 Å². The lowest BCUT2D eigenvalue weighted by molar-refractivity contribution is 0.0949. The van der Waals surface area contributed by atoms with Crippen molar-refractivity contribution >= 4 is 5.91 Å². The van der Waals surface area contributed by atoms with E-state index in [2.05, 4.69) is 46.1 Å². The molecule has 0 spiro atoms. The first-order chi connectivity index (χ1) is 13.1. The van der Waals surface area contributed by atoms with Gasteiger partial charge in [0, 0.05) is 51.4 Å². The first-order valence-corrected chi connectivity index (χ1v) is 10.6. The number of likely N-dealkylation sites (N-methyl/N-ethyl adjacent to an activating group) is 1. The predicted octanol–water partition coefficient (Wildman–Crippen LogP) is 2.29. The lowest BCUT2D eigenvalue weighted by Gasteiger charge is -2.32. The number of benzene rings is 1. The number of nitrogens with zero attached hydrogens (tertiary/aromatic N) is 3. The minimum atomic E-state index is 0.0477. The fraction of sp³-hybridized carbons (Fsp3) is 0.682. The zero-order chi connectivity index (χ0) is 19.1. The van der Waals surface area contributed by atoms with Crippen LogP contribution in [0.5, 0.6) is 0 Å². The van der Waals surface area contributed by atoms with Crippen LogP contribution in [0.4, 0.5) is 0 Å². The second-order valence-electron chi connectivity index (χ2n) is 8.43. The molecule has 0 aliphatic carbocycles. The van der Waals surface area contributed by atoms with Crippen molar-refractivity contribution in [3.8, 4) is 0 Å². The highest BCUT2D eigenvalue weighted by molar-refractivity contribution is 5.94. The molecule has 5 heteroatoms. The third kappa shape index (κ3) is 6.59. The predicted molar refractivity (Wildman–Crippen MR) is 111 cm³/mol. The van der Waals surface area contributed by atoms with Gasteiger partial charge in [-0.05, 0) is 63.0 Å². The summed E-state index contributed by atoms with van der Waals surface area (Å²) in [4.78, 5) is 19.7. The van der Waals surface area contributed by atoms with E-state index in [-0.39, 0.29) is 5.91 Å². The van der Waals surface area contributed by atoms with Crippen molar-refractivity contribution in [2.75, 3.05) is 59.4 Å². The molecule has 2 fully saturated rings. The molecule has 2 heterocycles. The maximum atomic E-state index is 12.3. The molecule has 0 radical (unpaired) electrons. The second kappa shape index (κ2) is 10.2. The Morgan fingerprint density at radius 3 is 2.52 bits per heavy atom. The SMILES string of the molecule is CC1CCCN(Cc2ccc(C(=O)NCCCN3CCN(C)CC3)cc2)C1. The Labute approximate surface area is 164 Å². The smallest absolute Gasteiger partial charge is 0.251 e. The van der Waals surface area contributed by atoms with E-state index in [4.69, 9.17) is 0 Å². The van der Waals surface area contributed by atoms with Crippen molar-refractivity contribution in [1.29, 1.82) is 0 Å². The zero-order valence-electron chi connectivity index (χ0n) is 17.1. The molecule has 2 aliphatic heterocycles. The van der Waals surface area contributed by atoms with Gasteiger partial charge in [0.05, 0.1) is 0 Å². The molecule has 1 amide bonds. The molecule has 150 valence electrons. The molecular weight excluding hydrogens is 336 g/mol. The Kier molecular flexibility index (Phi) is 7.68.